The molecule has 1 amide bonds. The Morgan fingerprint density at radius 1 is 0.690 bits per heavy atom. The van der Waals surface area contributed by atoms with Crippen LogP contribution >= 0.6 is 0 Å². The molecule has 0 bridgehead atoms. The number of amides is 1. The Morgan fingerprint density at radius 2 is 1.17 bits per heavy atom. The lowest BCUT2D eigenvalue weighted by Crippen LogP contribution is -2.35. The van der Waals surface area contributed by atoms with E-state index in [0.29, 0.717) is 0 Å². The Hall–Kier alpha value is -2.35. The topological polar surface area (TPSA) is 29.1 Å². The molecule has 0 aromatic heterocycles. The number of hydrogen-bond donors (Lipinski definition) is 1. The summed E-state index contributed by atoms with van der Waals surface area (Å²) < 4.78 is 0. The third-order valence-electron chi connectivity index (χ3n) is 5.88. The van der Waals surface area contributed by atoms with Gasteiger partial charge in [0, 0.05) is 11.6 Å². The fraction of sp³-hybridized carbons (Fsp3) is 0.444. The Balaban J connectivity index is 1.73. The van der Waals surface area contributed by atoms with Gasteiger partial charge in [-0.15, -0.1) is 0 Å². The Bertz CT molecular complexity index is 739. The molecular weight excluding hydrogens is 354 g/mol. The van der Waals surface area contributed by atoms with Crippen molar-refractivity contribution in [2.24, 2.45) is 0 Å². The predicted octanol–water partition coefficient (Wildman–Crippen LogP) is 7.02. The summed E-state index contributed by atoms with van der Waals surface area (Å²) in [6, 6.07) is 20.4. The van der Waals surface area contributed by atoms with Gasteiger partial charge in [0.25, 0.3) is 5.91 Å². The summed E-state index contributed by atoms with van der Waals surface area (Å²) in [7, 11) is 0. The maximum absolute atomic E-state index is 13.3. The molecule has 1 N–H and O–H groups in total. The number of benzene rings is 2. The molecular formula is C27H35NO. The van der Waals surface area contributed by atoms with Crippen LogP contribution in [0.4, 0.5) is 0 Å². The molecule has 1 aliphatic rings. The minimum Gasteiger partial charge on any atom is -0.349 e. The van der Waals surface area contributed by atoms with Gasteiger partial charge < -0.3 is 5.32 Å². The summed E-state index contributed by atoms with van der Waals surface area (Å²) in [5, 5.41) is 3.38. The van der Waals surface area contributed by atoms with Gasteiger partial charge in [0.2, 0.25) is 0 Å². The minimum absolute atomic E-state index is 0.0529. The van der Waals surface area contributed by atoms with E-state index in [1.165, 1.54) is 57.8 Å². The van der Waals surface area contributed by atoms with E-state index in [2.05, 4.69) is 5.32 Å². The molecule has 0 radical (unpaired) electrons. The van der Waals surface area contributed by atoms with E-state index in [-0.39, 0.29) is 11.9 Å². The number of hydrogen-bond acceptors (Lipinski definition) is 1. The van der Waals surface area contributed by atoms with Crippen LogP contribution in [0.5, 0.6) is 0 Å². The SMILES string of the molecule is O=C(NC1CCCCCCCCCCC1)/C(=C/c1ccccc1)c1ccccc1. The molecule has 1 saturated carbocycles. The zero-order valence-corrected chi connectivity index (χ0v) is 17.6. The summed E-state index contributed by atoms with van der Waals surface area (Å²) in [4.78, 5) is 13.3. The molecule has 2 nitrogen and oxygen atoms in total. The zero-order chi connectivity index (χ0) is 20.2. The maximum atomic E-state index is 13.3. The highest BCUT2D eigenvalue weighted by Crippen LogP contribution is 2.21. The van der Waals surface area contributed by atoms with Crippen LogP contribution in [0.15, 0.2) is 60.7 Å². The zero-order valence-electron chi connectivity index (χ0n) is 17.6. The molecule has 3 rings (SSSR count). The maximum Gasteiger partial charge on any atom is 0.252 e. The Labute approximate surface area is 176 Å². The van der Waals surface area contributed by atoms with Gasteiger partial charge in [0.05, 0.1) is 0 Å². The fourth-order valence-electron chi connectivity index (χ4n) is 4.18. The molecule has 29 heavy (non-hydrogen) atoms. The number of carbonyl (C=O) groups is 1. The van der Waals surface area contributed by atoms with Gasteiger partial charge in [-0.2, -0.15) is 0 Å². The molecule has 2 aromatic rings. The molecule has 2 heteroatoms. The lowest BCUT2D eigenvalue weighted by molar-refractivity contribution is -0.116. The highest BCUT2D eigenvalue weighted by atomic mass is 16.1. The molecule has 0 heterocycles. The summed E-state index contributed by atoms with van der Waals surface area (Å²) in [6.45, 7) is 0. The van der Waals surface area contributed by atoms with Crippen LogP contribution < -0.4 is 5.32 Å². The lowest BCUT2D eigenvalue weighted by atomic mass is 9.96. The van der Waals surface area contributed by atoms with E-state index < -0.39 is 0 Å². The van der Waals surface area contributed by atoms with E-state index in [9.17, 15) is 4.79 Å². The monoisotopic (exact) mass is 389 g/mol. The lowest BCUT2D eigenvalue weighted by Gasteiger charge is -2.21. The van der Waals surface area contributed by atoms with E-state index >= 15 is 0 Å². The van der Waals surface area contributed by atoms with Crippen molar-refractivity contribution in [3.8, 4) is 0 Å². The van der Waals surface area contributed by atoms with Crippen molar-refractivity contribution in [3.05, 3.63) is 71.8 Å². The second kappa shape index (κ2) is 12.3. The van der Waals surface area contributed by atoms with Crippen LogP contribution in [-0.2, 0) is 4.79 Å². The first kappa shape index (κ1) is 21.4. The normalized spacial score (nSPS) is 17.7. The molecule has 0 atom stereocenters. The van der Waals surface area contributed by atoms with E-state index in [4.69, 9.17) is 0 Å². The number of rotatable bonds is 4. The van der Waals surface area contributed by atoms with Gasteiger partial charge in [0.1, 0.15) is 0 Å². The van der Waals surface area contributed by atoms with Crippen molar-refractivity contribution in [2.45, 2.75) is 76.7 Å². The smallest absolute Gasteiger partial charge is 0.252 e. The van der Waals surface area contributed by atoms with Crippen LogP contribution in [-0.4, -0.2) is 11.9 Å². The first-order valence-electron chi connectivity index (χ1n) is 11.5. The average Bonchev–Trinajstić information content (AvgIpc) is 2.75. The summed E-state index contributed by atoms with van der Waals surface area (Å²) in [6.07, 6.45) is 16.0. The fourth-order valence-corrected chi connectivity index (χ4v) is 4.18. The van der Waals surface area contributed by atoms with Crippen molar-refractivity contribution in [1.82, 2.24) is 5.32 Å². The van der Waals surface area contributed by atoms with Crippen LogP contribution in [0, 0.1) is 0 Å². The van der Waals surface area contributed by atoms with Crippen molar-refractivity contribution < 1.29 is 4.79 Å². The molecule has 1 aliphatic carbocycles. The van der Waals surface area contributed by atoms with Crippen molar-refractivity contribution in [2.75, 3.05) is 0 Å². The molecule has 0 unspecified atom stereocenters. The third kappa shape index (κ3) is 7.53. The number of nitrogens with one attached hydrogen (secondary N) is 1. The minimum atomic E-state index is 0.0529. The first-order valence-corrected chi connectivity index (χ1v) is 11.5. The van der Waals surface area contributed by atoms with Crippen molar-refractivity contribution >= 4 is 17.6 Å². The molecule has 0 saturated heterocycles. The van der Waals surface area contributed by atoms with E-state index in [1.807, 2.05) is 66.7 Å². The second-order valence-electron chi connectivity index (χ2n) is 8.26. The van der Waals surface area contributed by atoms with Gasteiger partial charge in [-0.05, 0) is 30.0 Å². The van der Waals surface area contributed by atoms with Gasteiger partial charge in [-0.1, -0.05) is 118 Å². The van der Waals surface area contributed by atoms with Gasteiger partial charge in [-0.25, -0.2) is 0 Å². The standard InChI is InChI=1S/C27H35NO/c29-27(28-25-20-14-6-4-2-1-3-5-7-15-21-25)26(24-18-12-9-13-19-24)22-23-16-10-8-11-17-23/h8-13,16-19,22,25H,1-7,14-15,20-21H2,(H,28,29)/b26-22+. The Kier molecular flexibility index (Phi) is 9.03. The van der Waals surface area contributed by atoms with E-state index in [1.54, 1.807) is 0 Å². The van der Waals surface area contributed by atoms with Crippen LogP contribution in [0.2, 0.25) is 0 Å². The molecule has 2 aromatic carbocycles. The predicted molar refractivity (Wildman–Crippen MR) is 123 cm³/mol. The average molecular weight is 390 g/mol. The molecule has 154 valence electrons. The second-order valence-corrected chi connectivity index (χ2v) is 8.26. The van der Waals surface area contributed by atoms with Crippen molar-refractivity contribution in [3.63, 3.8) is 0 Å². The highest BCUT2D eigenvalue weighted by Gasteiger charge is 2.17. The molecule has 0 aliphatic heterocycles. The summed E-state index contributed by atoms with van der Waals surface area (Å²) in [5.41, 5.74) is 2.78. The molecule has 1 fully saturated rings. The first-order chi connectivity index (χ1) is 14.3. The van der Waals surface area contributed by atoms with E-state index in [0.717, 1.165) is 29.5 Å². The largest absolute Gasteiger partial charge is 0.349 e. The van der Waals surface area contributed by atoms with Gasteiger partial charge in [-0.3, -0.25) is 4.79 Å². The highest BCUT2D eigenvalue weighted by molar-refractivity contribution is 6.24. The third-order valence-corrected chi connectivity index (χ3v) is 5.88. The summed E-state index contributed by atoms with van der Waals surface area (Å²) >= 11 is 0. The Morgan fingerprint density at radius 3 is 1.72 bits per heavy atom. The van der Waals surface area contributed by atoms with Crippen LogP contribution in [0.25, 0.3) is 11.6 Å². The van der Waals surface area contributed by atoms with Gasteiger partial charge in [0.15, 0.2) is 0 Å². The van der Waals surface area contributed by atoms with Crippen LogP contribution in [0.1, 0.15) is 81.8 Å². The quantitative estimate of drug-likeness (QED) is 0.442. The number of carbonyl (C=O) groups excluding carboxylic acids is 1. The van der Waals surface area contributed by atoms with Gasteiger partial charge >= 0.3 is 0 Å². The van der Waals surface area contributed by atoms with Crippen LogP contribution in [0.3, 0.4) is 0 Å². The molecule has 0 spiro atoms. The van der Waals surface area contributed by atoms with Crippen molar-refractivity contribution in [1.29, 1.82) is 0 Å². The summed E-state index contributed by atoms with van der Waals surface area (Å²) in [5.74, 6) is 0.0529.